The molecule has 1 aromatic heterocycles. The summed E-state index contributed by atoms with van der Waals surface area (Å²) in [4.78, 5) is 24.7. The van der Waals surface area contributed by atoms with Gasteiger partial charge in [0.25, 0.3) is 0 Å². The van der Waals surface area contributed by atoms with Crippen LogP contribution in [0.5, 0.6) is 5.75 Å². The molecule has 1 aliphatic heterocycles. The maximum atomic E-state index is 12.8. The SMILES string of the molecule is CC(C)NC(=O)O[C@@H]1CC[C@H](c2cc(NC(=O)CCCc3cccc(OCc4ccccc4)c3C3OCCO3)n[nH]2)C1. The fourth-order valence-corrected chi connectivity index (χ4v) is 5.47. The van der Waals surface area contributed by atoms with Crippen LogP contribution < -0.4 is 15.4 Å². The minimum absolute atomic E-state index is 0.0370. The van der Waals surface area contributed by atoms with E-state index in [9.17, 15) is 9.59 Å². The van der Waals surface area contributed by atoms with Gasteiger partial charge in [0.1, 0.15) is 18.5 Å². The molecule has 0 unspecified atom stereocenters. The lowest BCUT2D eigenvalue weighted by atomic mass is 10.00. The van der Waals surface area contributed by atoms with Crippen LogP contribution in [-0.4, -0.2) is 47.6 Å². The van der Waals surface area contributed by atoms with Crippen molar-refractivity contribution >= 4 is 17.8 Å². The van der Waals surface area contributed by atoms with Gasteiger partial charge in [0.15, 0.2) is 12.1 Å². The molecular formula is C32H40N4O6. The quantitative estimate of drug-likeness (QED) is 0.250. The Balaban J connectivity index is 1.12. The van der Waals surface area contributed by atoms with Gasteiger partial charge in [-0.25, -0.2) is 4.79 Å². The molecule has 10 nitrogen and oxygen atoms in total. The molecule has 0 bridgehead atoms. The number of nitrogens with zero attached hydrogens (tertiary/aromatic N) is 1. The van der Waals surface area contributed by atoms with Gasteiger partial charge < -0.3 is 29.6 Å². The number of aromatic amines is 1. The predicted octanol–water partition coefficient (Wildman–Crippen LogP) is 5.77. The molecule has 224 valence electrons. The second-order valence-electron chi connectivity index (χ2n) is 11.1. The van der Waals surface area contributed by atoms with Crippen LogP contribution in [0.4, 0.5) is 10.6 Å². The van der Waals surface area contributed by atoms with E-state index < -0.39 is 6.29 Å². The van der Waals surface area contributed by atoms with Crippen molar-refractivity contribution < 1.29 is 28.5 Å². The number of alkyl carbamates (subject to hydrolysis) is 1. The number of hydrogen-bond donors (Lipinski definition) is 3. The van der Waals surface area contributed by atoms with E-state index >= 15 is 0 Å². The smallest absolute Gasteiger partial charge is 0.407 e. The summed E-state index contributed by atoms with van der Waals surface area (Å²) < 4.78 is 23.4. The van der Waals surface area contributed by atoms with Gasteiger partial charge in [0, 0.05) is 30.1 Å². The third kappa shape index (κ3) is 8.10. The van der Waals surface area contributed by atoms with E-state index in [1.807, 2.05) is 68.4 Å². The summed E-state index contributed by atoms with van der Waals surface area (Å²) >= 11 is 0. The number of rotatable bonds is 12. The molecule has 2 aromatic carbocycles. The Morgan fingerprint density at radius 2 is 1.88 bits per heavy atom. The minimum atomic E-state index is -0.478. The average Bonchev–Trinajstić information content (AvgIpc) is 3.75. The van der Waals surface area contributed by atoms with Crippen molar-refractivity contribution in [3.05, 3.63) is 77.0 Å². The van der Waals surface area contributed by atoms with Gasteiger partial charge in [-0.1, -0.05) is 42.5 Å². The lowest BCUT2D eigenvalue weighted by molar-refractivity contribution is -0.116. The summed E-state index contributed by atoms with van der Waals surface area (Å²) in [6.45, 7) is 5.31. The van der Waals surface area contributed by atoms with Crippen LogP contribution in [0.2, 0.25) is 0 Å². The molecule has 5 rings (SSSR count). The van der Waals surface area contributed by atoms with Gasteiger partial charge in [0.2, 0.25) is 5.91 Å². The Kier molecular flexibility index (Phi) is 10.1. The standard InChI is InChI=1S/C32H40N4O6/c1-21(2)33-32(38)42-25-15-14-24(18-25)26-19-28(36-35-26)34-29(37)13-7-11-23-10-6-12-27(30(23)31-39-16-17-40-31)41-20-22-8-4-3-5-9-22/h3-6,8-10,12,19,21,24-25,31H,7,11,13-18,20H2,1-2H3,(H,33,38)(H2,34,35,36,37)/t24-,25+/m0/s1. The van der Waals surface area contributed by atoms with Crippen molar-refractivity contribution in [3.63, 3.8) is 0 Å². The van der Waals surface area contributed by atoms with Crippen molar-refractivity contribution in [1.29, 1.82) is 0 Å². The second-order valence-corrected chi connectivity index (χ2v) is 11.1. The third-order valence-electron chi connectivity index (χ3n) is 7.47. The van der Waals surface area contributed by atoms with E-state index in [1.165, 1.54) is 0 Å². The number of aromatic nitrogens is 2. The first-order valence-electron chi connectivity index (χ1n) is 14.8. The first-order valence-corrected chi connectivity index (χ1v) is 14.8. The van der Waals surface area contributed by atoms with E-state index in [-0.39, 0.29) is 30.1 Å². The van der Waals surface area contributed by atoms with Gasteiger partial charge in [-0.3, -0.25) is 9.89 Å². The number of aryl methyl sites for hydroxylation is 1. The van der Waals surface area contributed by atoms with Crippen molar-refractivity contribution in [2.75, 3.05) is 18.5 Å². The number of amides is 2. The molecule has 2 aliphatic rings. The normalized spacial score (nSPS) is 18.7. The zero-order chi connectivity index (χ0) is 29.3. The van der Waals surface area contributed by atoms with Crippen molar-refractivity contribution in [2.45, 2.75) is 83.3 Å². The first-order chi connectivity index (χ1) is 20.4. The van der Waals surface area contributed by atoms with Gasteiger partial charge >= 0.3 is 6.09 Å². The molecule has 10 heteroatoms. The molecule has 2 heterocycles. The van der Waals surface area contributed by atoms with Gasteiger partial charge in [-0.05, 0) is 63.1 Å². The third-order valence-corrected chi connectivity index (χ3v) is 7.47. The Hall–Kier alpha value is -3.89. The van der Waals surface area contributed by atoms with Crippen LogP contribution >= 0.6 is 0 Å². The average molecular weight is 577 g/mol. The maximum absolute atomic E-state index is 12.8. The summed E-state index contributed by atoms with van der Waals surface area (Å²) in [5, 5.41) is 13.0. The van der Waals surface area contributed by atoms with E-state index in [2.05, 4.69) is 20.8 Å². The summed E-state index contributed by atoms with van der Waals surface area (Å²) in [6, 6.07) is 17.9. The number of benzene rings is 2. The monoisotopic (exact) mass is 576 g/mol. The summed E-state index contributed by atoms with van der Waals surface area (Å²) in [5.74, 6) is 1.34. The number of hydrogen-bond acceptors (Lipinski definition) is 7. The molecular weight excluding hydrogens is 536 g/mol. The van der Waals surface area contributed by atoms with Crippen LogP contribution in [0.25, 0.3) is 0 Å². The number of ether oxygens (including phenoxy) is 4. The highest BCUT2D eigenvalue weighted by molar-refractivity contribution is 5.89. The molecule has 2 atom stereocenters. The Bertz CT molecular complexity index is 1320. The maximum Gasteiger partial charge on any atom is 0.407 e. The Morgan fingerprint density at radius 3 is 2.67 bits per heavy atom. The minimum Gasteiger partial charge on any atom is -0.488 e. The molecule has 3 aromatic rings. The molecule has 2 fully saturated rings. The first kappa shape index (κ1) is 29.6. The highest BCUT2D eigenvalue weighted by Crippen LogP contribution is 2.37. The lowest BCUT2D eigenvalue weighted by Gasteiger charge is -2.19. The van der Waals surface area contributed by atoms with Crippen LogP contribution in [0.15, 0.2) is 54.6 Å². The molecule has 1 saturated heterocycles. The van der Waals surface area contributed by atoms with Crippen molar-refractivity contribution in [1.82, 2.24) is 15.5 Å². The van der Waals surface area contributed by atoms with Crippen LogP contribution in [0, 0.1) is 0 Å². The van der Waals surface area contributed by atoms with E-state index in [0.29, 0.717) is 44.9 Å². The van der Waals surface area contributed by atoms with Gasteiger partial charge in [-0.15, -0.1) is 0 Å². The summed E-state index contributed by atoms with van der Waals surface area (Å²) in [6.07, 6.45) is 3.10. The molecule has 0 spiro atoms. The zero-order valence-electron chi connectivity index (χ0n) is 24.3. The second kappa shape index (κ2) is 14.3. The molecule has 42 heavy (non-hydrogen) atoms. The summed E-state index contributed by atoms with van der Waals surface area (Å²) in [7, 11) is 0. The van der Waals surface area contributed by atoms with Gasteiger partial charge in [-0.2, -0.15) is 5.10 Å². The molecule has 1 saturated carbocycles. The van der Waals surface area contributed by atoms with E-state index in [0.717, 1.165) is 47.4 Å². The fourth-order valence-electron chi connectivity index (χ4n) is 5.47. The van der Waals surface area contributed by atoms with Crippen LogP contribution in [-0.2, 0) is 32.0 Å². The topological polar surface area (TPSA) is 124 Å². The summed E-state index contributed by atoms with van der Waals surface area (Å²) in [5.41, 5.74) is 3.95. The molecule has 2 amide bonds. The van der Waals surface area contributed by atoms with Crippen LogP contribution in [0.1, 0.15) is 80.5 Å². The highest BCUT2D eigenvalue weighted by atomic mass is 16.7. The molecule has 1 aliphatic carbocycles. The van der Waals surface area contributed by atoms with Crippen molar-refractivity contribution in [2.24, 2.45) is 0 Å². The number of carbonyl (C=O) groups is 2. The van der Waals surface area contributed by atoms with Crippen molar-refractivity contribution in [3.8, 4) is 5.75 Å². The number of nitrogens with one attached hydrogen (secondary N) is 3. The van der Waals surface area contributed by atoms with Gasteiger partial charge in [0.05, 0.1) is 18.8 Å². The highest BCUT2D eigenvalue weighted by Gasteiger charge is 2.30. The Labute approximate surface area is 246 Å². The van der Waals surface area contributed by atoms with Crippen LogP contribution in [0.3, 0.4) is 0 Å². The number of carbonyl (C=O) groups excluding carboxylic acids is 2. The largest absolute Gasteiger partial charge is 0.488 e. The zero-order valence-corrected chi connectivity index (χ0v) is 24.3. The number of anilines is 1. The fraction of sp³-hybridized carbons (Fsp3) is 0.469. The number of H-pyrrole nitrogens is 1. The van der Waals surface area contributed by atoms with E-state index in [4.69, 9.17) is 18.9 Å². The van der Waals surface area contributed by atoms with E-state index in [1.54, 1.807) is 0 Å². The molecule has 0 radical (unpaired) electrons. The lowest BCUT2D eigenvalue weighted by Crippen LogP contribution is -2.33. The predicted molar refractivity (Wildman–Crippen MR) is 157 cm³/mol. The molecule has 3 N–H and O–H groups in total. The Morgan fingerprint density at radius 1 is 1.07 bits per heavy atom.